The van der Waals surface area contributed by atoms with E-state index in [0.29, 0.717) is 22.4 Å². The van der Waals surface area contributed by atoms with Gasteiger partial charge in [-0.3, -0.25) is 4.98 Å². The maximum atomic E-state index is 11.7. The number of hydrogen-bond donors (Lipinski definition) is 1. The molecule has 2 aromatic heterocycles. The van der Waals surface area contributed by atoms with Crippen molar-refractivity contribution in [1.29, 1.82) is 0 Å². The number of carbonyl (C=O) groups excluding carboxylic acids is 1. The lowest BCUT2D eigenvalue weighted by molar-refractivity contribution is 0.0603. The summed E-state index contributed by atoms with van der Waals surface area (Å²) in [5, 5.41) is 11.5. The van der Waals surface area contributed by atoms with Crippen LogP contribution in [0.5, 0.6) is 17.2 Å². The van der Waals surface area contributed by atoms with Crippen LogP contribution in [0.15, 0.2) is 18.3 Å². The van der Waals surface area contributed by atoms with E-state index in [0.717, 1.165) is 21.4 Å². The molecular weight excluding hydrogens is 306 g/mol. The van der Waals surface area contributed by atoms with Crippen molar-refractivity contribution in [3.8, 4) is 17.2 Å². The van der Waals surface area contributed by atoms with Gasteiger partial charge in [0.2, 0.25) is 0 Å². The molecule has 1 N–H and O–H groups in total. The minimum Gasteiger partial charge on any atom is -0.505 e. The monoisotopic (exact) mass is 319 g/mol. The number of carbonyl (C=O) groups is 1. The van der Waals surface area contributed by atoms with Gasteiger partial charge in [-0.25, -0.2) is 4.79 Å². The molecule has 0 aliphatic carbocycles. The predicted molar refractivity (Wildman–Crippen MR) is 83.2 cm³/mol. The fraction of sp³-hybridized carbons (Fsp3) is 0.200. The number of thiophene rings is 1. The van der Waals surface area contributed by atoms with Gasteiger partial charge >= 0.3 is 5.97 Å². The van der Waals surface area contributed by atoms with E-state index >= 15 is 0 Å². The number of nitrogens with zero attached hydrogens (tertiary/aromatic N) is 1. The van der Waals surface area contributed by atoms with Gasteiger partial charge in [0.25, 0.3) is 0 Å². The van der Waals surface area contributed by atoms with Crippen molar-refractivity contribution in [3.05, 3.63) is 23.2 Å². The third kappa shape index (κ3) is 2.01. The van der Waals surface area contributed by atoms with Gasteiger partial charge in [-0.15, -0.1) is 11.3 Å². The lowest BCUT2D eigenvalue weighted by Crippen LogP contribution is -1.97. The van der Waals surface area contributed by atoms with Crippen LogP contribution in [-0.4, -0.2) is 37.4 Å². The number of esters is 1. The third-order valence-corrected chi connectivity index (χ3v) is 4.58. The summed E-state index contributed by atoms with van der Waals surface area (Å²) in [6, 6.07) is 3.53. The zero-order valence-electron chi connectivity index (χ0n) is 12.2. The van der Waals surface area contributed by atoms with E-state index in [-0.39, 0.29) is 10.6 Å². The number of aromatic hydroxyl groups is 1. The summed E-state index contributed by atoms with van der Waals surface area (Å²) in [4.78, 5) is 16.2. The molecule has 0 unspecified atom stereocenters. The van der Waals surface area contributed by atoms with E-state index < -0.39 is 5.97 Å². The second-order valence-electron chi connectivity index (χ2n) is 4.50. The van der Waals surface area contributed by atoms with Crippen LogP contribution in [-0.2, 0) is 4.74 Å². The van der Waals surface area contributed by atoms with Crippen LogP contribution in [0.4, 0.5) is 0 Å². The van der Waals surface area contributed by atoms with Gasteiger partial charge in [-0.05, 0) is 6.07 Å². The Morgan fingerprint density at radius 1 is 1.14 bits per heavy atom. The van der Waals surface area contributed by atoms with Gasteiger partial charge in [-0.1, -0.05) is 0 Å². The largest absolute Gasteiger partial charge is 0.505 e. The average molecular weight is 319 g/mol. The highest BCUT2D eigenvalue weighted by Crippen LogP contribution is 2.42. The van der Waals surface area contributed by atoms with E-state index in [1.165, 1.54) is 13.3 Å². The Labute approximate surface area is 129 Å². The lowest BCUT2D eigenvalue weighted by Gasteiger charge is -2.09. The molecule has 7 heteroatoms. The van der Waals surface area contributed by atoms with Gasteiger partial charge in [0.05, 0.1) is 36.9 Å². The first-order chi connectivity index (χ1) is 10.6. The molecule has 0 amide bonds. The molecule has 1 aromatic carbocycles. The Bertz CT molecular complexity index is 887. The van der Waals surface area contributed by atoms with Crippen molar-refractivity contribution in [2.75, 3.05) is 21.3 Å². The van der Waals surface area contributed by atoms with Crippen LogP contribution in [0.1, 0.15) is 9.67 Å². The fourth-order valence-corrected chi connectivity index (χ4v) is 3.39. The predicted octanol–water partition coefficient (Wildman–Crippen LogP) is 2.96. The van der Waals surface area contributed by atoms with Gasteiger partial charge in [0, 0.05) is 17.6 Å². The van der Waals surface area contributed by atoms with Gasteiger partial charge in [0.15, 0.2) is 16.4 Å². The summed E-state index contributed by atoms with van der Waals surface area (Å²) >= 11 is 1.16. The van der Waals surface area contributed by atoms with Crippen molar-refractivity contribution in [2.24, 2.45) is 0 Å². The molecular formula is C15H13NO5S. The maximum Gasteiger partial charge on any atom is 0.351 e. The van der Waals surface area contributed by atoms with Crippen molar-refractivity contribution < 1.29 is 24.1 Å². The zero-order valence-corrected chi connectivity index (χ0v) is 13.0. The molecule has 0 aliphatic heterocycles. The van der Waals surface area contributed by atoms with E-state index in [2.05, 4.69) is 9.72 Å². The van der Waals surface area contributed by atoms with Gasteiger partial charge in [0.1, 0.15) is 5.75 Å². The number of methoxy groups -OCH3 is 3. The lowest BCUT2D eigenvalue weighted by atomic mass is 10.1. The molecule has 3 rings (SSSR count). The number of pyridine rings is 1. The number of fused-ring (bicyclic) bond motifs is 3. The molecule has 0 saturated carbocycles. The Hall–Kier alpha value is -2.54. The summed E-state index contributed by atoms with van der Waals surface area (Å²) in [6.45, 7) is 0. The average Bonchev–Trinajstić information content (AvgIpc) is 2.90. The first kappa shape index (κ1) is 14.4. The minimum absolute atomic E-state index is 0.115. The molecule has 0 saturated heterocycles. The maximum absolute atomic E-state index is 11.7. The summed E-state index contributed by atoms with van der Waals surface area (Å²) in [5.41, 5.74) is 0.683. The standard InChI is InChI=1S/C15H13NO5S/c1-19-10-4-7-9(5-11(10)20-2)16-6-8-12(17)14(15(18)21-3)22-13(7)8/h4-6,17H,1-3H3. The normalized spacial score (nSPS) is 10.9. The summed E-state index contributed by atoms with van der Waals surface area (Å²) in [7, 11) is 4.37. The number of rotatable bonds is 3. The van der Waals surface area contributed by atoms with E-state index in [4.69, 9.17) is 9.47 Å². The smallest absolute Gasteiger partial charge is 0.351 e. The Morgan fingerprint density at radius 3 is 2.45 bits per heavy atom. The summed E-state index contributed by atoms with van der Waals surface area (Å²) in [6.07, 6.45) is 1.53. The van der Waals surface area contributed by atoms with E-state index in [1.54, 1.807) is 26.4 Å². The summed E-state index contributed by atoms with van der Waals surface area (Å²) in [5.74, 6) is 0.427. The quantitative estimate of drug-likeness (QED) is 0.748. The number of benzene rings is 1. The highest BCUT2D eigenvalue weighted by molar-refractivity contribution is 7.22. The van der Waals surface area contributed by atoms with Crippen molar-refractivity contribution in [1.82, 2.24) is 4.98 Å². The van der Waals surface area contributed by atoms with Crippen molar-refractivity contribution >= 4 is 38.3 Å². The molecule has 0 spiro atoms. The number of aromatic nitrogens is 1. The fourth-order valence-electron chi connectivity index (χ4n) is 2.28. The van der Waals surface area contributed by atoms with Crippen LogP contribution in [0.3, 0.4) is 0 Å². The number of hydrogen-bond acceptors (Lipinski definition) is 7. The molecule has 0 bridgehead atoms. The van der Waals surface area contributed by atoms with Crippen molar-refractivity contribution in [3.63, 3.8) is 0 Å². The molecule has 22 heavy (non-hydrogen) atoms. The molecule has 114 valence electrons. The van der Waals surface area contributed by atoms with Gasteiger partial charge < -0.3 is 19.3 Å². The van der Waals surface area contributed by atoms with Crippen LogP contribution < -0.4 is 9.47 Å². The van der Waals surface area contributed by atoms with Crippen LogP contribution in [0.25, 0.3) is 21.0 Å². The van der Waals surface area contributed by atoms with Crippen molar-refractivity contribution in [2.45, 2.75) is 0 Å². The molecule has 6 nitrogen and oxygen atoms in total. The molecule has 0 aliphatic rings. The van der Waals surface area contributed by atoms with Crippen LogP contribution >= 0.6 is 11.3 Å². The van der Waals surface area contributed by atoms with Gasteiger partial charge in [-0.2, -0.15) is 0 Å². The highest BCUT2D eigenvalue weighted by Gasteiger charge is 2.21. The highest BCUT2D eigenvalue weighted by atomic mass is 32.1. The SMILES string of the molecule is COC(=O)c1sc2c(cnc3cc(OC)c(OC)cc32)c1O. The molecule has 0 atom stereocenters. The Kier molecular flexibility index (Phi) is 3.50. The second kappa shape index (κ2) is 5.34. The minimum atomic E-state index is -0.577. The van der Waals surface area contributed by atoms with Crippen LogP contribution in [0.2, 0.25) is 0 Å². The van der Waals surface area contributed by atoms with E-state index in [9.17, 15) is 9.90 Å². The Morgan fingerprint density at radius 2 is 1.82 bits per heavy atom. The third-order valence-electron chi connectivity index (χ3n) is 3.37. The molecule has 0 fully saturated rings. The molecule has 3 aromatic rings. The zero-order chi connectivity index (χ0) is 15.9. The van der Waals surface area contributed by atoms with E-state index in [1.807, 2.05) is 0 Å². The molecule has 2 heterocycles. The number of ether oxygens (including phenoxy) is 3. The molecule has 0 radical (unpaired) electrons. The first-order valence-corrected chi connectivity index (χ1v) is 7.16. The Balaban J connectivity index is 2.37. The van der Waals surface area contributed by atoms with Crippen LogP contribution in [0, 0.1) is 0 Å². The first-order valence-electron chi connectivity index (χ1n) is 6.35. The summed E-state index contributed by atoms with van der Waals surface area (Å²) < 4.78 is 16.0. The second-order valence-corrected chi connectivity index (χ2v) is 5.52. The topological polar surface area (TPSA) is 77.9 Å².